The van der Waals surface area contributed by atoms with Gasteiger partial charge in [0.1, 0.15) is 0 Å². The number of carbonyl (C=O) groups excluding carboxylic acids is 1. The molecule has 0 aliphatic heterocycles. The summed E-state index contributed by atoms with van der Waals surface area (Å²) in [6.45, 7) is 1.96. The van der Waals surface area contributed by atoms with Crippen LogP contribution in [0.25, 0.3) is 10.9 Å². The van der Waals surface area contributed by atoms with Gasteiger partial charge in [-0.25, -0.2) is 5.48 Å². The minimum Gasteiger partial charge on any atom is -0.361 e. The van der Waals surface area contributed by atoms with Crippen molar-refractivity contribution < 1.29 is 10.0 Å². The fourth-order valence-electron chi connectivity index (χ4n) is 1.47. The van der Waals surface area contributed by atoms with Crippen molar-refractivity contribution in [2.24, 2.45) is 0 Å². The van der Waals surface area contributed by atoms with Crippen molar-refractivity contribution in [3.63, 3.8) is 0 Å². The van der Waals surface area contributed by atoms with Crippen molar-refractivity contribution in [1.82, 2.24) is 10.5 Å². The maximum Gasteiger partial charge on any atom is 0.274 e. The molecule has 3 N–H and O–H groups in total. The Morgan fingerprint density at radius 2 is 2.29 bits per heavy atom. The Hall–Kier alpha value is -1.81. The number of fused-ring (bicyclic) bond motifs is 1. The van der Waals surface area contributed by atoms with Gasteiger partial charge < -0.3 is 4.98 Å². The lowest BCUT2D eigenvalue weighted by Gasteiger charge is -1.98. The minimum absolute atomic E-state index is 0.447. The molecule has 0 saturated heterocycles. The third-order valence-corrected chi connectivity index (χ3v) is 2.25. The van der Waals surface area contributed by atoms with Gasteiger partial charge in [0.25, 0.3) is 5.91 Å². The normalized spacial score (nSPS) is 10.4. The van der Waals surface area contributed by atoms with Crippen LogP contribution in [0.1, 0.15) is 15.9 Å². The van der Waals surface area contributed by atoms with E-state index in [1.165, 1.54) is 0 Å². The molecule has 4 heteroatoms. The summed E-state index contributed by atoms with van der Waals surface area (Å²) in [5.74, 6) is -0.493. The molecule has 0 aliphatic carbocycles. The zero-order valence-electron chi connectivity index (χ0n) is 7.66. The Balaban J connectivity index is 2.60. The van der Waals surface area contributed by atoms with Gasteiger partial charge in [0.05, 0.1) is 0 Å². The molecule has 2 rings (SSSR count). The second-order valence-electron chi connectivity index (χ2n) is 3.17. The average Bonchev–Trinajstić information content (AvgIpc) is 2.59. The molecule has 0 radical (unpaired) electrons. The average molecular weight is 190 g/mol. The summed E-state index contributed by atoms with van der Waals surface area (Å²) in [5, 5.41) is 9.46. The summed E-state index contributed by atoms with van der Waals surface area (Å²) < 4.78 is 0. The van der Waals surface area contributed by atoms with Gasteiger partial charge in [-0.05, 0) is 30.7 Å². The molecule has 0 aliphatic rings. The van der Waals surface area contributed by atoms with Crippen molar-refractivity contribution in [3.05, 3.63) is 35.5 Å². The molecule has 0 unspecified atom stereocenters. The van der Waals surface area contributed by atoms with Gasteiger partial charge in [-0.3, -0.25) is 10.0 Å². The topological polar surface area (TPSA) is 65.1 Å². The van der Waals surface area contributed by atoms with E-state index in [2.05, 4.69) is 4.98 Å². The molecule has 1 heterocycles. The zero-order valence-corrected chi connectivity index (χ0v) is 7.66. The largest absolute Gasteiger partial charge is 0.361 e. The summed E-state index contributed by atoms with van der Waals surface area (Å²) >= 11 is 0. The van der Waals surface area contributed by atoms with Crippen molar-refractivity contribution in [2.45, 2.75) is 6.92 Å². The molecule has 1 aromatic carbocycles. The predicted molar refractivity (Wildman–Crippen MR) is 52.3 cm³/mol. The van der Waals surface area contributed by atoms with Crippen LogP contribution < -0.4 is 5.48 Å². The Kier molecular flexibility index (Phi) is 1.98. The highest BCUT2D eigenvalue weighted by molar-refractivity contribution is 5.98. The van der Waals surface area contributed by atoms with Gasteiger partial charge in [-0.15, -0.1) is 0 Å². The smallest absolute Gasteiger partial charge is 0.274 e. The summed E-state index contributed by atoms with van der Waals surface area (Å²) in [6.07, 6.45) is 1.88. The molecule has 0 bridgehead atoms. The van der Waals surface area contributed by atoms with Gasteiger partial charge in [0.2, 0.25) is 0 Å². The lowest BCUT2D eigenvalue weighted by Crippen LogP contribution is -2.18. The summed E-state index contributed by atoms with van der Waals surface area (Å²) in [6, 6.07) is 5.21. The van der Waals surface area contributed by atoms with E-state index in [0.29, 0.717) is 5.56 Å². The number of nitrogens with one attached hydrogen (secondary N) is 2. The van der Waals surface area contributed by atoms with E-state index in [0.717, 1.165) is 16.5 Å². The van der Waals surface area contributed by atoms with Gasteiger partial charge >= 0.3 is 0 Å². The third kappa shape index (κ3) is 1.25. The van der Waals surface area contributed by atoms with E-state index in [-0.39, 0.29) is 0 Å². The Bertz CT molecular complexity index is 488. The molecular formula is C10H10N2O2. The van der Waals surface area contributed by atoms with Crippen LogP contribution in [-0.4, -0.2) is 16.1 Å². The van der Waals surface area contributed by atoms with Gasteiger partial charge in [0, 0.05) is 22.7 Å². The number of H-pyrrole nitrogens is 1. The fourth-order valence-corrected chi connectivity index (χ4v) is 1.47. The number of amides is 1. The van der Waals surface area contributed by atoms with E-state index in [1.54, 1.807) is 17.6 Å². The number of rotatable bonds is 1. The molecule has 72 valence electrons. The van der Waals surface area contributed by atoms with Gasteiger partial charge in [-0.2, -0.15) is 0 Å². The first-order chi connectivity index (χ1) is 6.72. The SMILES string of the molecule is Cc1c[nH]c2ccc(C(=O)NO)cc12. The highest BCUT2D eigenvalue weighted by atomic mass is 16.5. The first kappa shape index (κ1) is 8.77. The van der Waals surface area contributed by atoms with E-state index >= 15 is 0 Å². The lowest BCUT2D eigenvalue weighted by molar-refractivity contribution is 0.0706. The van der Waals surface area contributed by atoms with Crippen molar-refractivity contribution >= 4 is 16.8 Å². The monoisotopic (exact) mass is 190 g/mol. The Morgan fingerprint density at radius 3 is 3.00 bits per heavy atom. The van der Waals surface area contributed by atoms with Crippen molar-refractivity contribution in [3.8, 4) is 0 Å². The van der Waals surface area contributed by atoms with Crippen LogP contribution in [0.2, 0.25) is 0 Å². The zero-order chi connectivity index (χ0) is 10.1. The number of aryl methyl sites for hydroxylation is 1. The second kappa shape index (κ2) is 3.16. The maximum absolute atomic E-state index is 11.1. The van der Waals surface area contributed by atoms with Crippen molar-refractivity contribution in [1.29, 1.82) is 0 Å². The van der Waals surface area contributed by atoms with Crippen LogP contribution in [0.5, 0.6) is 0 Å². The van der Waals surface area contributed by atoms with E-state index in [4.69, 9.17) is 5.21 Å². The maximum atomic E-state index is 11.1. The van der Waals surface area contributed by atoms with E-state index in [1.807, 2.05) is 19.2 Å². The predicted octanol–water partition coefficient (Wildman–Crippen LogP) is 1.60. The summed E-state index contributed by atoms with van der Waals surface area (Å²) in [5.41, 5.74) is 4.12. The second-order valence-corrected chi connectivity index (χ2v) is 3.17. The number of hydrogen-bond donors (Lipinski definition) is 3. The molecule has 0 atom stereocenters. The molecule has 0 fully saturated rings. The van der Waals surface area contributed by atoms with Gasteiger partial charge in [0.15, 0.2) is 0 Å². The molecule has 4 nitrogen and oxygen atoms in total. The number of benzene rings is 1. The quantitative estimate of drug-likeness (QED) is 0.472. The number of hydrogen-bond acceptors (Lipinski definition) is 2. The number of carbonyl (C=O) groups is 1. The van der Waals surface area contributed by atoms with E-state index in [9.17, 15) is 4.79 Å². The first-order valence-electron chi connectivity index (χ1n) is 4.24. The number of aromatic amines is 1. The third-order valence-electron chi connectivity index (χ3n) is 2.25. The molecule has 0 saturated carbocycles. The van der Waals surface area contributed by atoms with Gasteiger partial charge in [-0.1, -0.05) is 0 Å². The first-order valence-corrected chi connectivity index (χ1v) is 4.24. The van der Waals surface area contributed by atoms with Crippen LogP contribution in [-0.2, 0) is 0 Å². The van der Waals surface area contributed by atoms with Crippen LogP contribution >= 0.6 is 0 Å². The fraction of sp³-hybridized carbons (Fsp3) is 0.100. The standard InChI is InChI=1S/C10H10N2O2/c1-6-5-11-9-3-2-7(4-8(6)9)10(13)12-14/h2-5,11,14H,1H3,(H,12,13). The van der Waals surface area contributed by atoms with E-state index < -0.39 is 5.91 Å². The molecule has 1 aromatic heterocycles. The lowest BCUT2D eigenvalue weighted by atomic mass is 10.1. The minimum atomic E-state index is -0.493. The Morgan fingerprint density at radius 1 is 1.50 bits per heavy atom. The van der Waals surface area contributed by atoms with Crippen LogP contribution in [0.15, 0.2) is 24.4 Å². The number of hydroxylamine groups is 1. The Labute approximate surface area is 80.5 Å². The van der Waals surface area contributed by atoms with Crippen LogP contribution in [0, 0.1) is 6.92 Å². The van der Waals surface area contributed by atoms with Crippen molar-refractivity contribution in [2.75, 3.05) is 0 Å². The summed E-state index contributed by atoms with van der Waals surface area (Å²) in [4.78, 5) is 14.2. The molecule has 14 heavy (non-hydrogen) atoms. The molecule has 2 aromatic rings. The molecule has 1 amide bonds. The molecule has 0 spiro atoms. The van der Waals surface area contributed by atoms with Crippen LogP contribution in [0.3, 0.4) is 0 Å². The summed E-state index contributed by atoms with van der Waals surface area (Å²) in [7, 11) is 0. The highest BCUT2D eigenvalue weighted by Gasteiger charge is 2.06. The highest BCUT2D eigenvalue weighted by Crippen LogP contribution is 2.18. The molecular weight excluding hydrogens is 180 g/mol. The number of aromatic nitrogens is 1. The van der Waals surface area contributed by atoms with Crippen LogP contribution in [0.4, 0.5) is 0 Å².